The van der Waals surface area contributed by atoms with Crippen molar-refractivity contribution in [2.45, 2.75) is 10.8 Å². The van der Waals surface area contributed by atoms with Crippen LogP contribution in [-0.4, -0.2) is 19.1 Å². The van der Waals surface area contributed by atoms with Gasteiger partial charge in [-0.2, -0.15) is 0 Å². The molecule has 6 nitrogen and oxygen atoms in total. The fourth-order valence-corrected chi connectivity index (χ4v) is 4.54. The van der Waals surface area contributed by atoms with Crippen LogP contribution in [0.5, 0.6) is 0 Å². The number of rotatable bonds is 4. The maximum Gasteiger partial charge on any atom is 0.332 e. The molecule has 9 heteroatoms. The molecule has 28 heavy (non-hydrogen) atoms. The second-order valence-electron chi connectivity index (χ2n) is 6.15. The fourth-order valence-electron chi connectivity index (χ4n) is 2.78. The summed E-state index contributed by atoms with van der Waals surface area (Å²) in [5.74, 6) is 1.11. The molecule has 1 aromatic carbocycles. The summed E-state index contributed by atoms with van der Waals surface area (Å²) < 4.78 is 2.48. The maximum absolute atomic E-state index is 12.8. The lowest BCUT2D eigenvalue weighted by Crippen LogP contribution is -2.37. The van der Waals surface area contributed by atoms with Gasteiger partial charge in [0.25, 0.3) is 5.56 Å². The summed E-state index contributed by atoms with van der Waals surface area (Å²) >= 11 is 8.90. The lowest BCUT2D eigenvalue weighted by Gasteiger charge is -2.11. The summed E-state index contributed by atoms with van der Waals surface area (Å²) in [5.41, 5.74) is 0.585. The molecule has 0 aliphatic heterocycles. The van der Waals surface area contributed by atoms with Crippen LogP contribution in [0.3, 0.4) is 0 Å². The van der Waals surface area contributed by atoms with E-state index in [1.807, 2.05) is 41.8 Å². The molecule has 3 heterocycles. The molecule has 0 atom stereocenters. The van der Waals surface area contributed by atoms with Gasteiger partial charge in [-0.25, -0.2) is 14.8 Å². The Bertz CT molecular complexity index is 1280. The van der Waals surface area contributed by atoms with Crippen LogP contribution >= 0.6 is 34.7 Å². The molecule has 0 unspecified atom stereocenters. The summed E-state index contributed by atoms with van der Waals surface area (Å²) in [5, 5.41) is 3.51. The molecule has 0 spiro atoms. The smallest absolute Gasteiger partial charge is 0.280 e. The second kappa shape index (κ2) is 7.54. The number of fused-ring (bicyclic) bond motifs is 1. The number of thiophene rings is 1. The van der Waals surface area contributed by atoms with Gasteiger partial charge >= 0.3 is 5.69 Å². The van der Waals surface area contributed by atoms with E-state index >= 15 is 0 Å². The van der Waals surface area contributed by atoms with Crippen LogP contribution in [0.25, 0.3) is 21.7 Å². The Kier molecular flexibility index (Phi) is 5.09. The number of aryl methyl sites for hydroxylation is 1. The molecule has 0 aliphatic carbocycles. The zero-order valence-electron chi connectivity index (χ0n) is 15.0. The monoisotopic (exact) mass is 430 g/mol. The molecule has 0 aliphatic rings. The van der Waals surface area contributed by atoms with Gasteiger partial charge in [0.15, 0.2) is 11.5 Å². The van der Waals surface area contributed by atoms with E-state index in [1.54, 1.807) is 7.05 Å². The maximum atomic E-state index is 12.8. The van der Waals surface area contributed by atoms with Crippen LogP contribution in [0.4, 0.5) is 0 Å². The summed E-state index contributed by atoms with van der Waals surface area (Å²) in [6, 6.07) is 11.4. The SMILES string of the molecule is Cn1c(=O)c2c(SCc3ccc(Cl)cc3)nc(-c3cccs3)nc2n(C)c1=O. The molecular formula is C19H15ClN4O2S2. The number of halogens is 1. The lowest BCUT2D eigenvalue weighted by atomic mass is 10.2. The van der Waals surface area contributed by atoms with Crippen molar-refractivity contribution in [1.29, 1.82) is 0 Å². The molecule has 0 radical (unpaired) electrons. The molecule has 0 amide bonds. The molecule has 0 bridgehead atoms. The third kappa shape index (κ3) is 3.39. The minimum Gasteiger partial charge on any atom is -0.280 e. The fraction of sp³-hybridized carbons (Fsp3) is 0.158. The van der Waals surface area contributed by atoms with Crippen LogP contribution in [-0.2, 0) is 19.8 Å². The quantitative estimate of drug-likeness (QED) is 0.364. The van der Waals surface area contributed by atoms with Gasteiger partial charge in [-0.05, 0) is 29.1 Å². The van der Waals surface area contributed by atoms with Crippen molar-refractivity contribution < 1.29 is 0 Å². The first-order valence-electron chi connectivity index (χ1n) is 8.34. The number of benzene rings is 1. The van der Waals surface area contributed by atoms with Gasteiger partial charge in [-0.3, -0.25) is 13.9 Å². The molecule has 4 aromatic rings. The van der Waals surface area contributed by atoms with E-state index in [0.717, 1.165) is 15.0 Å². The zero-order valence-corrected chi connectivity index (χ0v) is 17.4. The van der Waals surface area contributed by atoms with Crippen LogP contribution in [0.1, 0.15) is 5.56 Å². The number of aromatic nitrogens is 4. The molecule has 4 rings (SSSR count). The Balaban J connectivity index is 1.90. The molecular weight excluding hydrogens is 416 g/mol. The highest BCUT2D eigenvalue weighted by atomic mass is 35.5. The Morgan fingerprint density at radius 1 is 1.07 bits per heavy atom. The Hall–Kier alpha value is -2.42. The van der Waals surface area contributed by atoms with Crippen LogP contribution < -0.4 is 11.2 Å². The Morgan fingerprint density at radius 2 is 1.82 bits per heavy atom. The van der Waals surface area contributed by atoms with E-state index in [0.29, 0.717) is 32.7 Å². The minimum atomic E-state index is -0.415. The van der Waals surface area contributed by atoms with Crippen molar-refractivity contribution in [1.82, 2.24) is 19.1 Å². The van der Waals surface area contributed by atoms with Crippen molar-refractivity contribution in [3.8, 4) is 10.7 Å². The van der Waals surface area contributed by atoms with Gasteiger partial charge in [0, 0.05) is 24.9 Å². The van der Waals surface area contributed by atoms with Crippen molar-refractivity contribution in [2.24, 2.45) is 14.1 Å². The minimum absolute atomic E-state index is 0.338. The summed E-state index contributed by atoms with van der Waals surface area (Å²) in [6.07, 6.45) is 0. The molecule has 0 N–H and O–H groups in total. The normalized spacial score (nSPS) is 11.2. The molecule has 3 aromatic heterocycles. The molecule has 0 saturated heterocycles. The predicted molar refractivity (Wildman–Crippen MR) is 114 cm³/mol. The standard InChI is InChI=1S/C19H15ClN4O2S2/c1-23-16-14(18(25)24(2)19(23)26)17(22-15(21-16)13-4-3-9-27-13)28-10-11-5-7-12(20)8-6-11/h3-9H,10H2,1-2H3. The number of nitrogens with zero attached hydrogens (tertiary/aromatic N) is 4. The summed E-state index contributed by atoms with van der Waals surface area (Å²) in [4.78, 5) is 35.2. The first-order valence-corrected chi connectivity index (χ1v) is 10.6. The van der Waals surface area contributed by atoms with E-state index in [4.69, 9.17) is 11.6 Å². The second-order valence-corrected chi connectivity index (χ2v) is 8.50. The van der Waals surface area contributed by atoms with E-state index in [-0.39, 0.29) is 0 Å². The third-order valence-corrected chi connectivity index (χ3v) is 6.46. The number of hydrogen-bond donors (Lipinski definition) is 0. The summed E-state index contributed by atoms with van der Waals surface area (Å²) in [6.45, 7) is 0. The number of thioether (sulfide) groups is 1. The zero-order chi connectivity index (χ0) is 19.8. The predicted octanol–water partition coefficient (Wildman–Crippen LogP) is 3.70. The first-order chi connectivity index (χ1) is 13.5. The number of hydrogen-bond acceptors (Lipinski definition) is 6. The van der Waals surface area contributed by atoms with Crippen molar-refractivity contribution in [3.05, 3.63) is 73.2 Å². The van der Waals surface area contributed by atoms with Crippen LogP contribution in [0.2, 0.25) is 5.02 Å². The highest BCUT2D eigenvalue weighted by molar-refractivity contribution is 7.98. The van der Waals surface area contributed by atoms with Crippen molar-refractivity contribution >= 4 is 45.7 Å². The first kappa shape index (κ1) is 18.9. The van der Waals surface area contributed by atoms with E-state index in [2.05, 4.69) is 9.97 Å². The van der Waals surface area contributed by atoms with Crippen molar-refractivity contribution in [3.63, 3.8) is 0 Å². The summed E-state index contributed by atoms with van der Waals surface area (Å²) in [7, 11) is 3.08. The van der Waals surface area contributed by atoms with Crippen LogP contribution in [0.15, 0.2) is 56.4 Å². The molecule has 142 valence electrons. The highest BCUT2D eigenvalue weighted by Gasteiger charge is 2.18. The van der Waals surface area contributed by atoms with Gasteiger partial charge in [-0.1, -0.05) is 29.8 Å². The van der Waals surface area contributed by atoms with E-state index < -0.39 is 11.2 Å². The van der Waals surface area contributed by atoms with Crippen molar-refractivity contribution in [2.75, 3.05) is 0 Å². The topological polar surface area (TPSA) is 69.8 Å². The van der Waals surface area contributed by atoms with Gasteiger partial charge in [0.1, 0.15) is 10.4 Å². The lowest BCUT2D eigenvalue weighted by molar-refractivity contribution is 0.703. The average Bonchev–Trinajstić information content (AvgIpc) is 3.24. The third-order valence-electron chi connectivity index (χ3n) is 4.30. The molecule has 0 fully saturated rings. The molecule has 0 saturated carbocycles. The largest absolute Gasteiger partial charge is 0.332 e. The Morgan fingerprint density at radius 3 is 2.50 bits per heavy atom. The Labute approximate surface area is 173 Å². The van der Waals surface area contributed by atoms with Crippen LogP contribution in [0, 0.1) is 0 Å². The average molecular weight is 431 g/mol. The van der Waals surface area contributed by atoms with Gasteiger partial charge < -0.3 is 0 Å². The van der Waals surface area contributed by atoms with E-state index in [1.165, 1.54) is 34.7 Å². The van der Waals surface area contributed by atoms with Gasteiger partial charge in [-0.15, -0.1) is 23.1 Å². The van der Waals surface area contributed by atoms with Gasteiger partial charge in [0.2, 0.25) is 0 Å². The van der Waals surface area contributed by atoms with E-state index in [9.17, 15) is 9.59 Å². The van der Waals surface area contributed by atoms with Gasteiger partial charge in [0.05, 0.1) is 4.88 Å². The highest BCUT2D eigenvalue weighted by Crippen LogP contribution is 2.30.